The summed E-state index contributed by atoms with van der Waals surface area (Å²) < 4.78 is 0. The summed E-state index contributed by atoms with van der Waals surface area (Å²) in [6.07, 6.45) is 0.697. The number of carbonyl (C=O) groups excluding carboxylic acids is 1. The molecule has 0 bridgehead atoms. The van der Waals surface area contributed by atoms with Crippen LogP contribution in [0.15, 0.2) is 34.6 Å². The second kappa shape index (κ2) is 4.70. The number of para-hydroxylation sites is 1. The molecule has 0 aromatic heterocycles. The maximum atomic E-state index is 11.3. The summed E-state index contributed by atoms with van der Waals surface area (Å²) in [4.78, 5) is 21.2. The van der Waals surface area contributed by atoms with Crippen LogP contribution in [0.25, 0.3) is 5.53 Å². The van der Waals surface area contributed by atoms with Crippen LogP contribution < -0.4 is 0 Å². The summed E-state index contributed by atoms with van der Waals surface area (Å²) in [7, 11) is 0. The molecule has 0 aliphatic carbocycles. The molecule has 0 heterocycles. The Hall–Kier alpha value is -2.44. The van der Waals surface area contributed by atoms with Crippen molar-refractivity contribution in [3.63, 3.8) is 0 Å². The molecule has 0 amide bonds. The molecule has 7 nitrogen and oxygen atoms in total. The second-order valence-corrected chi connectivity index (χ2v) is 2.47. The number of hydrogen-bond acceptors (Lipinski definition) is 4. The molecule has 1 aromatic carbocycles. The van der Waals surface area contributed by atoms with E-state index >= 15 is 0 Å². The van der Waals surface area contributed by atoms with Crippen LogP contribution in [0.4, 0.5) is 5.69 Å². The fourth-order valence-corrected chi connectivity index (χ4v) is 0.989. The van der Waals surface area contributed by atoms with E-state index in [4.69, 9.17) is 5.53 Å². The van der Waals surface area contributed by atoms with Crippen molar-refractivity contribution in [1.29, 1.82) is 0 Å². The first-order chi connectivity index (χ1) is 7.16. The molecule has 1 aromatic rings. The molecule has 0 aliphatic heterocycles. The zero-order chi connectivity index (χ0) is 11.3. The quantitative estimate of drug-likeness (QED) is 0.245. The highest BCUT2D eigenvalue weighted by Gasteiger charge is 2.16. The van der Waals surface area contributed by atoms with Crippen molar-refractivity contribution < 1.29 is 9.72 Å². The highest BCUT2D eigenvalue weighted by molar-refractivity contribution is 6.36. The predicted octanol–water partition coefficient (Wildman–Crippen LogP) is 1.78. The second-order valence-electron chi connectivity index (χ2n) is 2.47. The van der Waals surface area contributed by atoms with Crippen LogP contribution in [-0.4, -0.2) is 16.9 Å². The molecule has 0 aliphatic rings. The number of nitro benzene ring substituents is 1. The van der Waals surface area contributed by atoms with Crippen LogP contribution in [-0.2, 0) is 0 Å². The van der Waals surface area contributed by atoms with Crippen LogP contribution in [0, 0.1) is 10.1 Å². The van der Waals surface area contributed by atoms with E-state index in [0.717, 1.165) is 0 Å². The van der Waals surface area contributed by atoms with Gasteiger partial charge in [0.25, 0.3) is 5.69 Å². The molecule has 0 fully saturated rings. The number of ketones is 1. The van der Waals surface area contributed by atoms with E-state index in [-0.39, 0.29) is 11.3 Å². The van der Waals surface area contributed by atoms with Gasteiger partial charge in [-0.15, -0.1) is 0 Å². The zero-order valence-corrected chi connectivity index (χ0v) is 7.40. The lowest BCUT2D eigenvalue weighted by atomic mass is 10.1. The Labute approximate surface area is 84.1 Å². The number of rotatable bonds is 4. The molecular weight excluding hydrogens is 200 g/mol. The minimum Gasteiger partial charge on any atom is -0.362 e. The lowest BCUT2D eigenvalue weighted by molar-refractivity contribution is -0.385. The first-order valence-electron chi connectivity index (χ1n) is 3.82. The maximum absolute atomic E-state index is 11.3. The summed E-state index contributed by atoms with van der Waals surface area (Å²) in [6.45, 7) is 0. The van der Waals surface area contributed by atoms with Crippen molar-refractivity contribution in [3.8, 4) is 0 Å². The van der Waals surface area contributed by atoms with Crippen molar-refractivity contribution in [3.05, 3.63) is 45.5 Å². The highest BCUT2D eigenvalue weighted by Crippen LogP contribution is 2.17. The van der Waals surface area contributed by atoms with E-state index in [0.29, 0.717) is 6.21 Å². The summed E-state index contributed by atoms with van der Waals surface area (Å²) in [6, 6.07) is 5.44. The largest absolute Gasteiger partial charge is 0.362 e. The Balaban J connectivity index is 3.13. The summed E-state index contributed by atoms with van der Waals surface area (Å²) in [5.41, 5.74) is 7.57. The van der Waals surface area contributed by atoms with Crippen LogP contribution in [0.1, 0.15) is 10.4 Å². The minimum absolute atomic E-state index is 0.102. The van der Waals surface area contributed by atoms with Crippen LogP contribution in [0.2, 0.25) is 0 Å². The van der Waals surface area contributed by atoms with Crippen LogP contribution >= 0.6 is 0 Å². The Bertz CT molecular complexity index is 441. The van der Waals surface area contributed by atoms with Gasteiger partial charge in [0.05, 0.1) is 10.5 Å². The van der Waals surface area contributed by atoms with Crippen molar-refractivity contribution in [1.82, 2.24) is 0 Å². The summed E-state index contributed by atoms with van der Waals surface area (Å²) in [5, 5.41) is 15.8. The molecular formula is C8H5N4O3-. The number of Topliss-reactive ketones (excluding diaryl/α,β-unsaturated/α-hetero) is 1. The van der Waals surface area contributed by atoms with Gasteiger partial charge in [-0.05, 0) is 12.3 Å². The highest BCUT2D eigenvalue weighted by atomic mass is 16.6. The number of nitro groups is 1. The van der Waals surface area contributed by atoms with Gasteiger partial charge in [0.15, 0.2) is 5.78 Å². The van der Waals surface area contributed by atoms with Gasteiger partial charge in [-0.25, -0.2) is 0 Å². The molecule has 7 heteroatoms. The molecule has 1 rings (SSSR count). The van der Waals surface area contributed by atoms with E-state index < -0.39 is 10.7 Å². The predicted molar refractivity (Wildman–Crippen MR) is 51.7 cm³/mol. The van der Waals surface area contributed by atoms with Crippen molar-refractivity contribution in [2.24, 2.45) is 10.3 Å². The third-order valence-electron chi connectivity index (χ3n) is 1.59. The van der Waals surface area contributed by atoms with E-state index in [9.17, 15) is 14.9 Å². The van der Waals surface area contributed by atoms with Gasteiger partial charge in [-0.2, -0.15) is 0 Å². The maximum Gasteiger partial charge on any atom is 0.280 e. The lowest BCUT2D eigenvalue weighted by Gasteiger charge is -1.98. The normalized spacial score (nSPS) is 10.1. The van der Waals surface area contributed by atoms with Gasteiger partial charge in [-0.1, -0.05) is 12.1 Å². The molecule has 0 saturated heterocycles. The average molecular weight is 205 g/mol. The smallest absolute Gasteiger partial charge is 0.280 e. The third kappa shape index (κ3) is 2.50. The van der Waals surface area contributed by atoms with Gasteiger partial charge < -0.3 is 10.6 Å². The topological polar surface area (TPSA) is 107 Å². The molecule has 0 N–H and O–H groups in total. The molecule has 0 spiro atoms. The number of benzene rings is 1. The molecule has 15 heavy (non-hydrogen) atoms. The van der Waals surface area contributed by atoms with E-state index in [1.54, 1.807) is 0 Å². The average Bonchev–Trinajstić information content (AvgIpc) is 2.25. The fourth-order valence-electron chi connectivity index (χ4n) is 0.989. The zero-order valence-electron chi connectivity index (χ0n) is 7.40. The Morgan fingerprint density at radius 3 is 2.73 bits per heavy atom. The Morgan fingerprint density at radius 2 is 2.13 bits per heavy atom. The van der Waals surface area contributed by atoms with Crippen molar-refractivity contribution >= 4 is 17.7 Å². The van der Waals surface area contributed by atoms with E-state index in [1.165, 1.54) is 24.3 Å². The SMILES string of the molecule is [N-]=NN=CC(=O)c1ccccc1[N+](=O)[O-]. The third-order valence-corrected chi connectivity index (χ3v) is 1.59. The first-order valence-corrected chi connectivity index (χ1v) is 3.82. The van der Waals surface area contributed by atoms with Gasteiger partial charge in [-0.3, -0.25) is 20.1 Å². The minimum atomic E-state index is -0.694. The first kappa shape index (κ1) is 10.6. The molecule has 0 saturated carbocycles. The Morgan fingerprint density at radius 1 is 1.47 bits per heavy atom. The number of carbonyl (C=O) groups is 1. The molecule has 76 valence electrons. The van der Waals surface area contributed by atoms with Gasteiger partial charge in [0, 0.05) is 6.07 Å². The van der Waals surface area contributed by atoms with Gasteiger partial charge in [0.1, 0.15) is 0 Å². The van der Waals surface area contributed by atoms with Crippen LogP contribution in [0.3, 0.4) is 0 Å². The van der Waals surface area contributed by atoms with Gasteiger partial charge >= 0.3 is 0 Å². The number of hydrogen-bond donors (Lipinski definition) is 0. The molecule has 0 unspecified atom stereocenters. The van der Waals surface area contributed by atoms with E-state index in [1.807, 2.05) is 0 Å². The molecule has 0 atom stereocenters. The standard InChI is InChI=1S/C8H5N4O3/c9-11-10-5-8(13)6-3-1-2-4-7(6)12(14)15/h1-5H/q-1. The monoisotopic (exact) mass is 205 g/mol. The fraction of sp³-hybridized carbons (Fsp3) is 0. The van der Waals surface area contributed by atoms with Crippen molar-refractivity contribution in [2.75, 3.05) is 0 Å². The molecule has 0 radical (unpaired) electrons. The lowest BCUT2D eigenvalue weighted by Crippen LogP contribution is -2.04. The van der Waals surface area contributed by atoms with Crippen LogP contribution in [0.5, 0.6) is 0 Å². The summed E-state index contributed by atoms with van der Waals surface area (Å²) >= 11 is 0. The summed E-state index contributed by atoms with van der Waals surface area (Å²) in [5.74, 6) is -0.694. The van der Waals surface area contributed by atoms with Gasteiger partial charge in [0.2, 0.25) is 0 Å². The van der Waals surface area contributed by atoms with E-state index in [2.05, 4.69) is 10.3 Å². The number of nitrogens with zero attached hydrogens (tertiary/aromatic N) is 4. The van der Waals surface area contributed by atoms with Crippen molar-refractivity contribution in [2.45, 2.75) is 0 Å². The Kier molecular flexibility index (Phi) is 3.33.